The summed E-state index contributed by atoms with van der Waals surface area (Å²) in [5, 5.41) is 9.06. The molecule has 0 aromatic heterocycles. The lowest BCUT2D eigenvalue weighted by Gasteiger charge is -2.25. The summed E-state index contributed by atoms with van der Waals surface area (Å²) in [6.07, 6.45) is 2.46. The summed E-state index contributed by atoms with van der Waals surface area (Å²) in [5.41, 5.74) is 8.98. The van der Waals surface area contributed by atoms with Gasteiger partial charge >= 0.3 is 0 Å². The van der Waals surface area contributed by atoms with E-state index >= 15 is 0 Å². The number of nitrogens with zero attached hydrogens (tertiary/aromatic N) is 1. The Morgan fingerprint density at radius 3 is 2.80 bits per heavy atom. The quantitative estimate of drug-likeness (QED) is 0.735. The third kappa shape index (κ3) is 2.23. The fraction of sp³-hybridized carbons (Fsp3) is 0.500. The van der Waals surface area contributed by atoms with Crippen molar-refractivity contribution < 1.29 is 5.11 Å². The van der Waals surface area contributed by atoms with Gasteiger partial charge in [-0.05, 0) is 37.5 Å². The predicted molar refractivity (Wildman–Crippen MR) is 63.0 cm³/mol. The summed E-state index contributed by atoms with van der Waals surface area (Å²) in [7, 11) is 0. The highest BCUT2D eigenvalue weighted by Crippen LogP contribution is 2.33. The second-order valence-electron chi connectivity index (χ2n) is 4.19. The molecule has 1 aliphatic carbocycles. The summed E-state index contributed by atoms with van der Waals surface area (Å²) in [6, 6.07) is 6.57. The highest BCUT2D eigenvalue weighted by Gasteiger charge is 2.29. The van der Waals surface area contributed by atoms with E-state index in [4.69, 9.17) is 10.8 Å². The van der Waals surface area contributed by atoms with Gasteiger partial charge in [-0.1, -0.05) is 6.07 Å². The highest BCUT2D eigenvalue weighted by atomic mass is 16.3. The zero-order chi connectivity index (χ0) is 10.8. The molecule has 0 spiro atoms. The number of aliphatic hydroxyl groups is 1. The molecule has 3 nitrogen and oxygen atoms in total. The Hall–Kier alpha value is -1.22. The van der Waals surface area contributed by atoms with E-state index in [0.717, 1.165) is 5.69 Å². The molecule has 0 amide bonds. The molecule has 1 aliphatic rings. The van der Waals surface area contributed by atoms with E-state index in [9.17, 15) is 0 Å². The van der Waals surface area contributed by atoms with E-state index in [1.54, 1.807) is 0 Å². The average Bonchev–Trinajstić information content (AvgIpc) is 3.02. The number of hydrogen-bond donors (Lipinski definition) is 2. The highest BCUT2D eigenvalue weighted by molar-refractivity contribution is 5.61. The fourth-order valence-electron chi connectivity index (χ4n) is 1.93. The molecule has 0 aliphatic heterocycles. The summed E-state index contributed by atoms with van der Waals surface area (Å²) in [5.74, 6) is 0. The molecule has 3 heteroatoms. The van der Waals surface area contributed by atoms with Crippen molar-refractivity contribution in [2.75, 3.05) is 23.8 Å². The molecule has 15 heavy (non-hydrogen) atoms. The molecule has 1 aromatic rings. The molecule has 3 N–H and O–H groups in total. The van der Waals surface area contributed by atoms with E-state index in [-0.39, 0.29) is 6.61 Å². The van der Waals surface area contributed by atoms with Crippen LogP contribution in [-0.2, 0) is 0 Å². The number of aliphatic hydroxyl groups excluding tert-OH is 1. The number of rotatable bonds is 4. The van der Waals surface area contributed by atoms with Gasteiger partial charge in [-0.2, -0.15) is 0 Å². The lowest BCUT2D eigenvalue weighted by molar-refractivity contribution is 0.301. The van der Waals surface area contributed by atoms with Gasteiger partial charge in [0.2, 0.25) is 0 Å². The van der Waals surface area contributed by atoms with Crippen molar-refractivity contribution in [1.82, 2.24) is 0 Å². The zero-order valence-corrected chi connectivity index (χ0v) is 9.11. The molecule has 0 saturated heterocycles. The lowest BCUT2D eigenvalue weighted by Crippen LogP contribution is -2.29. The van der Waals surface area contributed by atoms with Crippen LogP contribution in [0.4, 0.5) is 11.4 Å². The maximum absolute atomic E-state index is 9.06. The second-order valence-corrected chi connectivity index (χ2v) is 4.19. The minimum absolute atomic E-state index is 0.199. The number of nitrogens with two attached hydrogens (primary N) is 1. The molecule has 1 fully saturated rings. The first-order chi connectivity index (χ1) is 7.22. The summed E-state index contributed by atoms with van der Waals surface area (Å²) >= 11 is 0. The second kappa shape index (κ2) is 4.11. The molecule has 2 rings (SSSR count). The topological polar surface area (TPSA) is 49.5 Å². The number of nitrogen functional groups attached to an aromatic ring is 1. The summed E-state index contributed by atoms with van der Waals surface area (Å²) in [6.45, 7) is 2.99. The van der Waals surface area contributed by atoms with Crippen molar-refractivity contribution in [1.29, 1.82) is 0 Å². The van der Waals surface area contributed by atoms with Crippen molar-refractivity contribution >= 4 is 11.4 Å². The van der Waals surface area contributed by atoms with Crippen LogP contribution in [0.2, 0.25) is 0 Å². The van der Waals surface area contributed by atoms with Crippen LogP contribution in [0.25, 0.3) is 0 Å². The molecular weight excluding hydrogens is 188 g/mol. The van der Waals surface area contributed by atoms with Gasteiger partial charge in [-0.15, -0.1) is 0 Å². The van der Waals surface area contributed by atoms with Gasteiger partial charge in [0.25, 0.3) is 0 Å². The third-order valence-corrected chi connectivity index (χ3v) is 2.87. The molecule has 1 aromatic carbocycles. The van der Waals surface area contributed by atoms with Crippen LogP contribution in [0.3, 0.4) is 0 Å². The fourth-order valence-corrected chi connectivity index (χ4v) is 1.93. The Kier molecular flexibility index (Phi) is 2.82. The van der Waals surface area contributed by atoms with Crippen LogP contribution in [0.15, 0.2) is 18.2 Å². The van der Waals surface area contributed by atoms with Gasteiger partial charge in [-0.3, -0.25) is 0 Å². The summed E-state index contributed by atoms with van der Waals surface area (Å²) < 4.78 is 0. The Labute approximate surface area is 90.5 Å². The van der Waals surface area contributed by atoms with E-state index in [1.165, 1.54) is 24.1 Å². The van der Waals surface area contributed by atoms with Gasteiger partial charge in [0, 0.05) is 24.0 Å². The lowest BCUT2D eigenvalue weighted by atomic mass is 10.1. The SMILES string of the molecule is Cc1ccc(N)cc1N(CCO)C1CC1. The van der Waals surface area contributed by atoms with Crippen LogP contribution < -0.4 is 10.6 Å². The van der Waals surface area contributed by atoms with Crippen molar-refractivity contribution in [3.63, 3.8) is 0 Å². The molecule has 0 unspecified atom stereocenters. The molecule has 0 atom stereocenters. The molecule has 1 saturated carbocycles. The first kappa shape index (κ1) is 10.3. The molecule has 0 radical (unpaired) electrons. The van der Waals surface area contributed by atoms with Crippen molar-refractivity contribution in [3.05, 3.63) is 23.8 Å². The van der Waals surface area contributed by atoms with Crippen LogP contribution in [-0.4, -0.2) is 24.3 Å². The van der Waals surface area contributed by atoms with Gasteiger partial charge in [-0.25, -0.2) is 0 Å². The number of anilines is 2. The number of aryl methyl sites for hydroxylation is 1. The number of hydrogen-bond acceptors (Lipinski definition) is 3. The van der Waals surface area contributed by atoms with Gasteiger partial charge in [0.05, 0.1) is 6.61 Å². The van der Waals surface area contributed by atoms with Gasteiger partial charge < -0.3 is 15.7 Å². The van der Waals surface area contributed by atoms with Crippen LogP contribution in [0.5, 0.6) is 0 Å². The summed E-state index contributed by atoms with van der Waals surface area (Å²) in [4.78, 5) is 2.27. The molecular formula is C12H18N2O. The first-order valence-electron chi connectivity index (χ1n) is 5.46. The molecule has 0 heterocycles. The molecule has 82 valence electrons. The van der Waals surface area contributed by atoms with Crippen molar-refractivity contribution in [3.8, 4) is 0 Å². The van der Waals surface area contributed by atoms with E-state index in [0.29, 0.717) is 12.6 Å². The first-order valence-corrected chi connectivity index (χ1v) is 5.46. The standard InChI is InChI=1S/C12H18N2O/c1-9-2-3-10(13)8-12(9)14(6-7-15)11-4-5-11/h2-3,8,11,15H,4-7,13H2,1H3. The normalized spacial score (nSPS) is 15.3. The minimum atomic E-state index is 0.199. The van der Waals surface area contributed by atoms with E-state index in [2.05, 4.69) is 11.8 Å². The number of benzene rings is 1. The van der Waals surface area contributed by atoms with E-state index in [1.807, 2.05) is 18.2 Å². The van der Waals surface area contributed by atoms with E-state index < -0.39 is 0 Å². The van der Waals surface area contributed by atoms with Crippen LogP contribution in [0.1, 0.15) is 18.4 Å². The predicted octanol–water partition coefficient (Wildman–Crippen LogP) is 1.54. The average molecular weight is 206 g/mol. The van der Waals surface area contributed by atoms with Gasteiger partial charge in [0.15, 0.2) is 0 Å². The Morgan fingerprint density at radius 1 is 1.47 bits per heavy atom. The van der Waals surface area contributed by atoms with Crippen molar-refractivity contribution in [2.24, 2.45) is 0 Å². The maximum atomic E-state index is 9.06. The van der Waals surface area contributed by atoms with Crippen molar-refractivity contribution in [2.45, 2.75) is 25.8 Å². The molecule has 0 bridgehead atoms. The smallest absolute Gasteiger partial charge is 0.0606 e. The monoisotopic (exact) mass is 206 g/mol. The minimum Gasteiger partial charge on any atom is -0.399 e. The Bertz CT molecular complexity index is 347. The van der Waals surface area contributed by atoms with Gasteiger partial charge in [0.1, 0.15) is 0 Å². The zero-order valence-electron chi connectivity index (χ0n) is 9.11. The Balaban J connectivity index is 2.27. The van der Waals surface area contributed by atoms with Crippen LogP contribution >= 0.6 is 0 Å². The Morgan fingerprint density at radius 2 is 2.20 bits per heavy atom. The third-order valence-electron chi connectivity index (χ3n) is 2.87. The maximum Gasteiger partial charge on any atom is 0.0606 e. The largest absolute Gasteiger partial charge is 0.399 e. The van der Waals surface area contributed by atoms with Crippen LogP contribution in [0, 0.1) is 6.92 Å².